The second-order valence-corrected chi connectivity index (χ2v) is 8.52. The van der Waals surface area contributed by atoms with Gasteiger partial charge in [-0.15, -0.1) is 10.2 Å². The van der Waals surface area contributed by atoms with Gasteiger partial charge in [-0.25, -0.2) is 8.42 Å². The Balaban J connectivity index is 1.57. The molecule has 0 amide bonds. The number of benzene rings is 2. The number of hydrogen-bond acceptors (Lipinski definition) is 6. The lowest BCUT2D eigenvalue weighted by Gasteiger charge is -2.10. The molecule has 0 saturated heterocycles. The second-order valence-electron chi connectivity index (χ2n) is 6.84. The molecule has 0 atom stereocenters. The molecule has 1 aliphatic heterocycles. The SMILES string of the molecule is O=[N+]([O-])c1cccc(S(=O)(=O)Nc2ccc(-c3nnc4n3CCCCC4)cc2)c1. The molecule has 2 heterocycles. The molecule has 3 aromatic rings. The van der Waals surface area contributed by atoms with Crippen LogP contribution in [0.25, 0.3) is 11.4 Å². The summed E-state index contributed by atoms with van der Waals surface area (Å²) >= 11 is 0. The van der Waals surface area contributed by atoms with Gasteiger partial charge in [0, 0.05) is 36.3 Å². The Bertz CT molecular complexity index is 1160. The number of hydrogen-bond donors (Lipinski definition) is 1. The second kappa shape index (κ2) is 7.63. The van der Waals surface area contributed by atoms with E-state index in [0.29, 0.717) is 5.69 Å². The summed E-state index contributed by atoms with van der Waals surface area (Å²) in [5.74, 6) is 1.75. The van der Waals surface area contributed by atoms with E-state index in [1.807, 2.05) is 0 Å². The van der Waals surface area contributed by atoms with Crippen molar-refractivity contribution in [3.05, 3.63) is 64.5 Å². The summed E-state index contributed by atoms with van der Waals surface area (Å²) in [6.07, 6.45) is 4.27. The molecule has 0 radical (unpaired) electrons. The number of nitro groups is 1. The van der Waals surface area contributed by atoms with Crippen molar-refractivity contribution in [3.8, 4) is 11.4 Å². The highest BCUT2D eigenvalue weighted by Gasteiger charge is 2.19. The van der Waals surface area contributed by atoms with Gasteiger partial charge in [-0.3, -0.25) is 14.8 Å². The Morgan fingerprint density at radius 1 is 1.03 bits per heavy atom. The quantitative estimate of drug-likeness (QED) is 0.506. The van der Waals surface area contributed by atoms with Gasteiger partial charge in [-0.05, 0) is 43.2 Å². The summed E-state index contributed by atoms with van der Waals surface area (Å²) in [5, 5.41) is 19.5. The highest BCUT2D eigenvalue weighted by Crippen LogP contribution is 2.25. The van der Waals surface area contributed by atoms with Gasteiger partial charge in [-0.1, -0.05) is 12.5 Å². The highest BCUT2D eigenvalue weighted by atomic mass is 32.2. The van der Waals surface area contributed by atoms with Crippen molar-refractivity contribution in [2.75, 3.05) is 4.72 Å². The zero-order valence-electron chi connectivity index (χ0n) is 15.5. The average Bonchev–Trinajstić information content (AvgIpc) is 2.96. The lowest BCUT2D eigenvalue weighted by atomic mass is 10.2. The number of aryl methyl sites for hydroxylation is 1. The Morgan fingerprint density at radius 2 is 1.83 bits per heavy atom. The Kier molecular flexibility index (Phi) is 5.01. The minimum absolute atomic E-state index is 0.168. The molecule has 150 valence electrons. The average molecular weight is 413 g/mol. The monoisotopic (exact) mass is 413 g/mol. The fraction of sp³-hybridized carbons (Fsp3) is 0.263. The van der Waals surface area contributed by atoms with Crippen molar-refractivity contribution in [3.63, 3.8) is 0 Å². The highest BCUT2D eigenvalue weighted by molar-refractivity contribution is 7.92. The zero-order chi connectivity index (χ0) is 20.4. The molecule has 9 nitrogen and oxygen atoms in total. The maximum absolute atomic E-state index is 12.6. The molecule has 0 fully saturated rings. The topological polar surface area (TPSA) is 120 Å². The minimum Gasteiger partial charge on any atom is -0.311 e. The van der Waals surface area contributed by atoms with Crippen LogP contribution in [0, 0.1) is 10.1 Å². The smallest absolute Gasteiger partial charge is 0.270 e. The molecule has 1 N–H and O–H groups in total. The van der Waals surface area contributed by atoms with Gasteiger partial charge >= 0.3 is 0 Å². The molecule has 1 aromatic heterocycles. The van der Waals surface area contributed by atoms with Crippen LogP contribution in [0.3, 0.4) is 0 Å². The molecule has 0 saturated carbocycles. The van der Waals surface area contributed by atoms with Crippen molar-refractivity contribution in [2.24, 2.45) is 0 Å². The van der Waals surface area contributed by atoms with Crippen molar-refractivity contribution in [1.29, 1.82) is 0 Å². The van der Waals surface area contributed by atoms with Crippen LogP contribution in [0.15, 0.2) is 53.4 Å². The number of non-ortho nitro benzene ring substituents is 1. The van der Waals surface area contributed by atoms with Crippen LogP contribution in [0.1, 0.15) is 25.1 Å². The predicted octanol–water partition coefficient (Wildman–Crippen LogP) is 3.38. The van der Waals surface area contributed by atoms with Gasteiger partial charge in [-0.2, -0.15) is 0 Å². The number of nitro benzene ring substituents is 1. The zero-order valence-corrected chi connectivity index (χ0v) is 16.3. The van der Waals surface area contributed by atoms with Crippen LogP contribution < -0.4 is 4.72 Å². The first-order chi connectivity index (χ1) is 13.9. The van der Waals surface area contributed by atoms with Gasteiger partial charge < -0.3 is 4.57 Å². The summed E-state index contributed by atoms with van der Waals surface area (Å²) in [4.78, 5) is 10.1. The van der Waals surface area contributed by atoms with E-state index in [1.165, 1.54) is 24.6 Å². The molecule has 0 aliphatic carbocycles. The summed E-state index contributed by atoms with van der Waals surface area (Å²) < 4.78 is 29.7. The van der Waals surface area contributed by atoms with Crippen LogP contribution in [0.2, 0.25) is 0 Å². The first-order valence-corrected chi connectivity index (χ1v) is 10.7. The standard InChI is InChI=1S/C19H19N5O4S/c25-24(26)16-5-4-6-17(13-16)29(27,28)22-15-10-8-14(9-11-15)19-21-20-18-7-2-1-3-12-23(18)19/h4-6,8-11,13,22H,1-3,7,12H2. The molecule has 2 aromatic carbocycles. The van der Waals surface area contributed by atoms with Crippen molar-refractivity contribution < 1.29 is 13.3 Å². The Hall–Kier alpha value is -3.27. The number of nitrogens with zero attached hydrogens (tertiary/aromatic N) is 4. The Morgan fingerprint density at radius 3 is 2.59 bits per heavy atom. The first-order valence-electron chi connectivity index (χ1n) is 9.24. The number of sulfonamides is 1. The molecule has 0 bridgehead atoms. The third-order valence-corrected chi connectivity index (χ3v) is 6.22. The van der Waals surface area contributed by atoms with Gasteiger partial charge in [0.25, 0.3) is 15.7 Å². The van der Waals surface area contributed by atoms with Gasteiger partial charge in [0.15, 0.2) is 5.82 Å². The fourth-order valence-electron chi connectivity index (χ4n) is 3.36. The number of anilines is 1. The van der Waals surface area contributed by atoms with E-state index in [2.05, 4.69) is 19.5 Å². The molecule has 4 rings (SSSR count). The van der Waals surface area contributed by atoms with E-state index >= 15 is 0 Å². The third-order valence-electron chi connectivity index (χ3n) is 4.84. The lowest BCUT2D eigenvalue weighted by molar-refractivity contribution is -0.385. The van der Waals surface area contributed by atoms with E-state index in [1.54, 1.807) is 24.3 Å². The lowest BCUT2D eigenvalue weighted by Crippen LogP contribution is -2.13. The van der Waals surface area contributed by atoms with Crippen LogP contribution in [-0.2, 0) is 23.0 Å². The number of nitrogens with one attached hydrogen (secondary N) is 1. The Labute approximate surface area is 167 Å². The maximum atomic E-state index is 12.6. The molecule has 0 spiro atoms. The predicted molar refractivity (Wildman–Crippen MR) is 107 cm³/mol. The summed E-state index contributed by atoms with van der Waals surface area (Å²) in [6.45, 7) is 0.874. The van der Waals surface area contributed by atoms with Crippen LogP contribution in [0.5, 0.6) is 0 Å². The van der Waals surface area contributed by atoms with E-state index in [4.69, 9.17) is 0 Å². The fourth-order valence-corrected chi connectivity index (χ4v) is 4.46. The van der Waals surface area contributed by atoms with Crippen molar-refractivity contribution in [1.82, 2.24) is 14.8 Å². The van der Waals surface area contributed by atoms with Gasteiger partial charge in [0.1, 0.15) is 5.82 Å². The van der Waals surface area contributed by atoms with Gasteiger partial charge in [0.2, 0.25) is 0 Å². The van der Waals surface area contributed by atoms with Crippen LogP contribution in [-0.4, -0.2) is 28.1 Å². The number of rotatable bonds is 5. The van der Waals surface area contributed by atoms with Crippen molar-refractivity contribution >= 4 is 21.4 Å². The maximum Gasteiger partial charge on any atom is 0.270 e. The van der Waals surface area contributed by atoms with E-state index in [9.17, 15) is 18.5 Å². The minimum atomic E-state index is -3.94. The summed E-state index contributed by atoms with van der Waals surface area (Å²) in [5.41, 5.74) is 0.926. The number of fused-ring (bicyclic) bond motifs is 1. The summed E-state index contributed by atoms with van der Waals surface area (Å²) in [7, 11) is -3.94. The largest absolute Gasteiger partial charge is 0.311 e. The third kappa shape index (κ3) is 3.97. The molecule has 0 unspecified atom stereocenters. The van der Waals surface area contributed by atoms with Crippen molar-refractivity contribution in [2.45, 2.75) is 37.1 Å². The first kappa shape index (κ1) is 19.1. The van der Waals surface area contributed by atoms with Crippen LogP contribution in [0.4, 0.5) is 11.4 Å². The molecular formula is C19H19N5O4S. The normalized spacial score (nSPS) is 14.1. The van der Waals surface area contributed by atoms with E-state index < -0.39 is 14.9 Å². The molecular weight excluding hydrogens is 394 g/mol. The number of aromatic nitrogens is 3. The summed E-state index contributed by atoms with van der Waals surface area (Å²) in [6, 6.07) is 11.8. The molecule has 29 heavy (non-hydrogen) atoms. The molecule has 1 aliphatic rings. The van der Waals surface area contributed by atoms with Crippen LogP contribution >= 0.6 is 0 Å². The molecule has 10 heteroatoms. The van der Waals surface area contributed by atoms with E-state index in [-0.39, 0.29) is 10.6 Å². The van der Waals surface area contributed by atoms with Gasteiger partial charge in [0.05, 0.1) is 9.82 Å². The van der Waals surface area contributed by atoms with E-state index in [0.717, 1.165) is 49.1 Å².